The predicted octanol–water partition coefficient (Wildman–Crippen LogP) is 3.42. The largest absolute Gasteiger partial charge is 0.416 e. The van der Waals surface area contributed by atoms with Crippen molar-refractivity contribution in [3.63, 3.8) is 0 Å². The monoisotopic (exact) mass is 255 g/mol. The molecule has 2 aromatic rings. The first kappa shape index (κ1) is 12.7. The molecule has 1 heterocycles. The van der Waals surface area contributed by atoms with Crippen LogP contribution >= 0.6 is 0 Å². The predicted molar refractivity (Wildman–Crippen MR) is 63.7 cm³/mol. The number of hydrogen-bond acceptors (Lipinski definition) is 1. The topological polar surface area (TPSA) is 32.9 Å². The van der Waals surface area contributed by atoms with E-state index in [9.17, 15) is 18.0 Å². The van der Waals surface area contributed by atoms with Gasteiger partial charge in [0.15, 0.2) is 0 Å². The number of nitrogens with one attached hydrogen (secondary N) is 1. The maximum Gasteiger partial charge on any atom is 0.416 e. The third kappa shape index (κ3) is 2.00. The highest BCUT2D eigenvalue weighted by molar-refractivity contribution is 5.83. The van der Waals surface area contributed by atoms with Gasteiger partial charge in [0.2, 0.25) is 0 Å². The van der Waals surface area contributed by atoms with Crippen LogP contribution in [-0.4, -0.2) is 4.98 Å². The Morgan fingerprint density at radius 3 is 2.50 bits per heavy atom. The van der Waals surface area contributed by atoms with Crippen LogP contribution in [0.15, 0.2) is 23.0 Å². The molecule has 18 heavy (non-hydrogen) atoms. The Hall–Kier alpha value is -1.78. The lowest BCUT2D eigenvalue weighted by atomic mass is 10.0. The summed E-state index contributed by atoms with van der Waals surface area (Å²) in [5.41, 5.74) is 0.507. The van der Waals surface area contributed by atoms with Gasteiger partial charge in [-0.3, -0.25) is 4.79 Å². The van der Waals surface area contributed by atoms with Gasteiger partial charge in [-0.15, -0.1) is 0 Å². The lowest BCUT2D eigenvalue weighted by molar-refractivity contribution is -0.137. The second-order valence-electron chi connectivity index (χ2n) is 4.17. The normalized spacial score (nSPS) is 12.1. The molecule has 0 unspecified atom stereocenters. The van der Waals surface area contributed by atoms with Crippen LogP contribution < -0.4 is 5.56 Å². The Kier molecular flexibility index (Phi) is 2.92. The third-order valence-corrected chi connectivity index (χ3v) is 3.08. The zero-order valence-corrected chi connectivity index (χ0v) is 9.98. The van der Waals surface area contributed by atoms with E-state index in [-0.39, 0.29) is 11.1 Å². The zero-order chi connectivity index (χ0) is 13.5. The van der Waals surface area contributed by atoms with Crippen molar-refractivity contribution in [3.8, 4) is 0 Å². The van der Waals surface area contributed by atoms with Gasteiger partial charge in [-0.1, -0.05) is 13.0 Å². The Labute approximate surface area is 101 Å². The fraction of sp³-hybridized carbons (Fsp3) is 0.308. The number of H-pyrrole nitrogens is 1. The number of aromatic amines is 1. The second kappa shape index (κ2) is 4.15. The summed E-state index contributed by atoms with van der Waals surface area (Å²) in [5.74, 6) is 0. The summed E-state index contributed by atoms with van der Waals surface area (Å²) >= 11 is 0. The number of fused-ring (bicyclic) bond motifs is 1. The Morgan fingerprint density at radius 1 is 1.28 bits per heavy atom. The Balaban J connectivity index is 2.78. The highest BCUT2D eigenvalue weighted by Crippen LogP contribution is 2.31. The molecule has 2 rings (SSSR count). The average Bonchev–Trinajstić information content (AvgIpc) is 2.27. The van der Waals surface area contributed by atoms with Crippen molar-refractivity contribution in [2.75, 3.05) is 0 Å². The van der Waals surface area contributed by atoms with Crippen LogP contribution in [0.2, 0.25) is 0 Å². The highest BCUT2D eigenvalue weighted by Gasteiger charge is 2.30. The van der Waals surface area contributed by atoms with E-state index in [4.69, 9.17) is 0 Å². The molecule has 1 N–H and O–H groups in total. The van der Waals surface area contributed by atoms with Gasteiger partial charge < -0.3 is 4.98 Å². The smallest absolute Gasteiger partial charge is 0.322 e. The van der Waals surface area contributed by atoms with Crippen molar-refractivity contribution in [1.29, 1.82) is 0 Å². The number of pyridine rings is 1. The van der Waals surface area contributed by atoms with Crippen LogP contribution in [0.3, 0.4) is 0 Å². The van der Waals surface area contributed by atoms with Gasteiger partial charge in [-0.2, -0.15) is 13.2 Å². The fourth-order valence-electron chi connectivity index (χ4n) is 2.11. The molecule has 5 heteroatoms. The molecule has 0 saturated carbocycles. The first-order valence-electron chi connectivity index (χ1n) is 5.57. The van der Waals surface area contributed by atoms with E-state index in [1.807, 2.05) is 6.92 Å². The van der Waals surface area contributed by atoms with Gasteiger partial charge >= 0.3 is 6.18 Å². The van der Waals surface area contributed by atoms with Crippen molar-refractivity contribution in [3.05, 3.63) is 45.2 Å². The van der Waals surface area contributed by atoms with E-state index in [2.05, 4.69) is 4.98 Å². The standard InChI is InChI=1S/C13H12F3NO/c1-3-9-7(2)10-5-4-8(13(14,15)16)6-11(10)17-12(9)18/h4-6H,3H2,1-2H3,(H,17,18). The van der Waals surface area contributed by atoms with Gasteiger partial charge in [-0.05, 0) is 31.0 Å². The van der Waals surface area contributed by atoms with E-state index in [0.29, 0.717) is 17.4 Å². The molecule has 2 nitrogen and oxygen atoms in total. The Morgan fingerprint density at radius 2 is 1.94 bits per heavy atom. The number of rotatable bonds is 1. The number of benzene rings is 1. The minimum atomic E-state index is -4.40. The number of hydrogen-bond donors (Lipinski definition) is 1. The average molecular weight is 255 g/mol. The Bertz CT molecular complexity index is 656. The zero-order valence-electron chi connectivity index (χ0n) is 9.98. The molecule has 0 aliphatic heterocycles. The van der Waals surface area contributed by atoms with Crippen molar-refractivity contribution >= 4 is 10.9 Å². The van der Waals surface area contributed by atoms with E-state index in [1.54, 1.807) is 6.92 Å². The third-order valence-electron chi connectivity index (χ3n) is 3.08. The molecule has 0 aliphatic carbocycles. The van der Waals surface area contributed by atoms with Gasteiger partial charge in [0, 0.05) is 16.5 Å². The van der Waals surface area contributed by atoms with Gasteiger partial charge in [0.25, 0.3) is 5.56 Å². The van der Waals surface area contributed by atoms with Crippen molar-refractivity contribution in [2.45, 2.75) is 26.4 Å². The molecule has 0 amide bonds. The van der Waals surface area contributed by atoms with Crippen LogP contribution in [-0.2, 0) is 12.6 Å². The van der Waals surface area contributed by atoms with E-state index < -0.39 is 11.7 Å². The second-order valence-corrected chi connectivity index (χ2v) is 4.17. The van der Waals surface area contributed by atoms with Crippen molar-refractivity contribution in [1.82, 2.24) is 4.98 Å². The summed E-state index contributed by atoms with van der Waals surface area (Å²) in [4.78, 5) is 14.2. The molecule has 1 aromatic carbocycles. The van der Waals surface area contributed by atoms with Crippen LogP contribution in [0, 0.1) is 6.92 Å². The van der Waals surface area contributed by atoms with Crippen molar-refractivity contribution < 1.29 is 13.2 Å². The van der Waals surface area contributed by atoms with Crippen molar-refractivity contribution in [2.24, 2.45) is 0 Å². The highest BCUT2D eigenvalue weighted by atomic mass is 19.4. The molecule has 0 aliphatic rings. The maximum atomic E-state index is 12.6. The molecule has 0 radical (unpaired) electrons. The van der Waals surface area contributed by atoms with Crippen LogP contribution in [0.1, 0.15) is 23.6 Å². The summed E-state index contributed by atoms with van der Waals surface area (Å²) in [6.07, 6.45) is -3.85. The molecule has 0 spiro atoms. The van der Waals surface area contributed by atoms with Crippen LogP contribution in [0.5, 0.6) is 0 Å². The minimum Gasteiger partial charge on any atom is -0.322 e. The molecule has 0 fully saturated rings. The minimum absolute atomic E-state index is 0.226. The fourth-order valence-corrected chi connectivity index (χ4v) is 2.11. The SMILES string of the molecule is CCc1c(C)c2ccc(C(F)(F)F)cc2[nH]c1=O. The number of aryl methyl sites for hydroxylation is 1. The van der Waals surface area contributed by atoms with Gasteiger partial charge in [-0.25, -0.2) is 0 Å². The summed E-state index contributed by atoms with van der Waals surface area (Å²) in [6, 6.07) is 3.42. The van der Waals surface area contributed by atoms with E-state index in [0.717, 1.165) is 17.7 Å². The number of aromatic nitrogens is 1. The maximum absolute atomic E-state index is 12.6. The van der Waals surface area contributed by atoms with Gasteiger partial charge in [0.1, 0.15) is 0 Å². The summed E-state index contributed by atoms with van der Waals surface area (Å²) in [7, 11) is 0. The molecule has 0 saturated heterocycles. The summed E-state index contributed by atoms with van der Waals surface area (Å²) in [6.45, 7) is 3.59. The molecule has 0 atom stereocenters. The van der Waals surface area contributed by atoms with Crippen LogP contribution in [0.4, 0.5) is 13.2 Å². The summed E-state index contributed by atoms with van der Waals surface area (Å²) < 4.78 is 37.7. The van der Waals surface area contributed by atoms with Crippen LogP contribution in [0.25, 0.3) is 10.9 Å². The molecule has 0 bridgehead atoms. The number of alkyl halides is 3. The lowest BCUT2D eigenvalue weighted by Crippen LogP contribution is -2.14. The molecule has 1 aromatic heterocycles. The first-order chi connectivity index (χ1) is 8.34. The molecule has 96 valence electrons. The first-order valence-corrected chi connectivity index (χ1v) is 5.57. The molecular weight excluding hydrogens is 243 g/mol. The van der Waals surface area contributed by atoms with E-state index in [1.165, 1.54) is 6.07 Å². The lowest BCUT2D eigenvalue weighted by Gasteiger charge is -2.10. The molecular formula is C13H12F3NO. The summed E-state index contributed by atoms with van der Waals surface area (Å²) in [5, 5.41) is 0.652. The van der Waals surface area contributed by atoms with Gasteiger partial charge in [0.05, 0.1) is 5.56 Å². The van der Waals surface area contributed by atoms with E-state index >= 15 is 0 Å². The number of halogens is 3. The quantitative estimate of drug-likeness (QED) is 0.832.